The van der Waals surface area contributed by atoms with Crippen LogP contribution in [0.5, 0.6) is 5.75 Å². The maximum atomic E-state index is 12.4. The number of hydrogen-bond acceptors (Lipinski definition) is 4. The summed E-state index contributed by atoms with van der Waals surface area (Å²) >= 11 is 0. The standard InChI is InChI=1S/C16H19NO5/c1-10(7-16(21)22)6-15(20)17-5-4-11-8-12(19)2-3-13(11)14(17)9-18/h2-3,8-10,14,19H,4-7H2,1H3,(H,21,22)/t10?,14-/m0/s1. The van der Waals surface area contributed by atoms with Crippen LogP contribution in [0, 0.1) is 5.92 Å². The maximum Gasteiger partial charge on any atom is 0.303 e. The molecule has 0 fully saturated rings. The zero-order valence-corrected chi connectivity index (χ0v) is 12.4. The molecule has 1 aromatic carbocycles. The number of phenols is 1. The number of amides is 1. The van der Waals surface area contributed by atoms with Gasteiger partial charge in [-0.15, -0.1) is 0 Å². The van der Waals surface area contributed by atoms with Crippen molar-refractivity contribution in [3.8, 4) is 5.75 Å². The number of aldehydes is 1. The Bertz CT molecular complexity index is 598. The summed E-state index contributed by atoms with van der Waals surface area (Å²) in [4.78, 5) is 36.0. The van der Waals surface area contributed by atoms with Crippen molar-refractivity contribution in [1.29, 1.82) is 0 Å². The van der Waals surface area contributed by atoms with Gasteiger partial charge in [-0.3, -0.25) is 9.59 Å². The highest BCUT2D eigenvalue weighted by molar-refractivity contribution is 5.82. The SMILES string of the molecule is CC(CC(=O)O)CC(=O)N1CCc2cc(O)ccc2[C@@H]1C=O. The van der Waals surface area contributed by atoms with Gasteiger partial charge in [-0.1, -0.05) is 13.0 Å². The zero-order chi connectivity index (χ0) is 16.3. The van der Waals surface area contributed by atoms with Gasteiger partial charge in [0.2, 0.25) is 5.91 Å². The number of carbonyl (C=O) groups excluding carboxylic acids is 2. The van der Waals surface area contributed by atoms with E-state index in [4.69, 9.17) is 5.11 Å². The van der Waals surface area contributed by atoms with Gasteiger partial charge in [-0.25, -0.2) is 0 Å². The molecule has 1 aliphatic rings. The number of aliphatic carboxylic acids is 1. The molecule has 6 heteroatoms. The first-order chi connectivity index (χ1) is 10.4. The van der Waals surface area contributed by atoms with Crippen LogP contribution in [-0.4, -0.2) is 39.8 Å². The van der Waals surface area contributed by atoms with Crippen molar-refractivity contribution in [3.05, 3.63) is 29.3 Å². The van der Waals surface area contributed by atoms with Gasteiger partial charge >= 0.3 is 5.97 Å². The highest BCUT2D eigenvalue weighted by atomic mass is 16.4. The molecular formula is C16H19NO5. The van der Waals surface area contributed by atoms with Crippen molar-refractivity contribution in [3.63, 3.8) is 0 Å². The Hall–Kier alpha value is -2.37. The van der Waals surface area contributed by atoms with Crippen LogP contribution >= 0.6 is 0 Å². The monoisotopic (exact) mass is 305 g/mol. The van der Waals surface area contributed by atoms with Crippen molar-refractivity contribution in [2.45, 2.75) is 32.2 Å². The lowest BCUT2D eigenvalue weighted by molar-refractivity contribution is -0.140. The van der Waals surface area contributed by atoms with E-state index in [1.54, 1.807) is 19.1 Å². The van der Waals surface area contributed by atoms with Gasteiger partial charge in [0.15, 0.2) is 0 Å². The fraction of sp³-hybridized carbons (Fsp3) is 0.438. The molecule has 0 radical (unpaired) electrons. The fourth-order valence-electron chi connectivity index (χ4n) is 2.86. The minimum absolute atomic E-state index is 0.0736. The van der Waals surface area contributed by atoms with Gasteiger partial charge < -0.3 is 19.9 Å². The normalized spacial score (nSPS) is 18.4. The van der Waals surface area contributed by atoms with Gasteiger partial charge in [0.25, 0.3) is 0 Å². The molecule has 0 saturated carbocycles. The minimum Gasteiger partial charge on any atom is -0.508 e. The van der Waals surface area contributed by atoms with Crippen LogP contribution < -0.4 is 0 Å². The molecule has 1 aromatic rings. The Morgan fingerprint density at radius 2 is 2.14 bits per heavy atom. The predicted molar refractivity (Wildman–Crippen MR) is 78.4 cm³/mol. The van der Waals surface area contributed by atoms with Crippen molar-refractivity contribution in [2.75, 3.05) is 6.54 Å². The van der Waals surface area contributed by atoms with Crippen LogP contribution in [-0.2, 0) is 20.8 Å². The number of aromatic hydroxyl groups is 1. The number of rotatable bonds is 5. The molecule has 1 aliphatic heterocycles. The Labute approximate surface area is 128 Å². The highest BCUT2D eigenvalue weighted by Crippen LogP contribution is 2.31. The van der Waals surface area contributed by atoms with Crippen molar-refractivity contribution in [1.82, 2.24) is 4.90 Å². The zero-order valence-electron chi connectivity index (χ0n) is 12.4. The summed E-state index contributed by atoms with van der Waals surface area (Å²) < 4.78 is 0. The number of carboxylic acid groups (broad SMARTS) is 1. The molecule has 0 spiro atoms. The largest absolute Gasteiger partial charge is 0.508 e. The summed E-state index contributed by atoms with van der Waals surface area (Å²) in [7, 11) is 0. The second-order valence-corrected chi connectivity index (χ2v) is 5.71. The number of phenolic OH excluding ortho intramolecular Hbond substituents is 1. The molecule has 118 valence electrons. The highest BCUT2D eigenvalue weighted by Gasteiger charge is 2.31. The summed E-state index contributed by atoms with van der Waals surface area (Å²) in [6, 6.07) is 4.09. The molecule has 2 atom stereocenters. The minimum atomic E-state index is -0.938. The van der Waals surface area contributed by atoms with Gasteiger partial charge in [0, 0.05) is 19.4 Å². The predicted octanol–water partition coefficient (Wildman–Crippen LogP) is 1.52. The molecular weight excluding hydrogens is 286 g/mol. The van der Waals surface area contributed by atoms with Gasteiger partial charge in [0.05, 0.1) is 0 Å². The average molecular weight is 305 g/mol. The third-order valence-electron chi connectivity index (χ3n) is 3.90. The third kappa shape index (κ3) is 3.44. The van der Waals surface area contributed by atoms with Crippen LogP contribution in [0.25, 0.3) is 0 Å². The summed E-state index contributed by atoms with van der Waals surface area (Å²) in [6.45, 7) is 2.09. The molecule has 22 heavy (non-hydrogen) atoms. The lowest BCUT2D eigenvalue weighted by Gasteiger charge is -2.35. The third-order valence-corrected chi connectivity index (χ3v) is 3.90. The van der Waals surface area contributed by atoms with E-state index >= 15 is 0 Å². The molecule has 1 unspecified atom stereocenters. The first-order valence-electron chi connectivity index (χ1n) is 7.20. The maximum absolute atomic E-state index is 12.4. The van der Waals surface area contributed by atoms with E-state index in [0.717, 1.165) is 17.4 Å². The van der Waals surface area contributed by atoms with Crippen LogP contribution in [0.2, 0.25) is 0 Å². The number of benzene rings is 1. The lowest BCUT2D eigenvalue weighted by atomic mass is 9.92. The summed E-state index contributed by atoms with van der Waals surface area (Å²) in [6.07, 6.45) is 1.31. The molecule has 1 heterocycles. The first-order valence-corrected chi connectivity index (χ1v) is 7.20. The molecule has 0 saturated heterocycles. The molecule has 0 bridgehead atoms. The molecule has 0 aromatic heterocycles. The van der Waals surface area contributed by atoms with Crippen LogP contribution in [0.15, 0.2) is 18.2 Å². The topological polar surface area (TPSA) is 94.9 Å². The molecule has 6 nitrogen and oxygen atoms in total. The van der Waals surface area contributed by atoms with E-state index in [1.807, 2.05) is 0 Å². The van der Waals surface area contributed by atoms with Crippen LogP contribution in [0.4, 0.5) is 0 Å². The number of nitrogens with zero attached hydrogens (tertiary/aromatic N) is 1. The number of carboxylic acids is 1. The lowest BCUT2D eigenvalue weighted by Crippen LogP contribution is -2.41. The van der Waals surface area contributed by atoms with E-state index < -0.39 is 12.0 Å². The second-order valence-electron chi connectivity index (χ2n) is 5.71. The fourth-order valence-corrected chi connectivity index (χ4v) is 2.86. The quantitative estimate of drug-likeness (QED) is 0.804. The van der Waals surface area contributed by atoms with Gasteiger partial charge in [-0.05, 0) is 35.6 Å². The number of hydrogen-bond donors (Lipinski definition) is 2. The first kappa shape index (κ1) is 16.0. The molecule has 2 N–H and O–H groups in total. The Balaban J connectivity index is 2.15. The average Bonchev–Trinajstić information content (AvgIpc) is 2.44. The molecule has 0 aliphatic carbocycles. The Morgan fingerprint density at radius 1 is 1.41 bits per heavy atom. The van der Waals surface area contributed by atoms with Crippen molar-refractivity contribution < 1.29 is 24.6 Å². The van der Waals surface area contributed by atoms with E-state index in [9.17, 15) is 19.5 Å². The number of fused-ring (bicyclic) bond motifs is 1. The molecule has 1 amide bonds. The van der Waals surface area contributed by atoms with Gasteiger partial charge in [-0.2, -0.15) is 0 Å². The number of carbonyl (C=O) groups is 3. The van der Waals surface area contributed by atoms with Crippen molar-refractivity contribution in [2.24, 2.45) is 5.92 Å². The second kappa shape index (κ2) is 6.60. The van der Waals surface area contributed by atoms with Crippen LogP contribution in [0.3, 0.4) is 0 Å². The Morgan fingerprint density at radius 3 is 2.77 bits per heavy atom. The summed E-state index contributed by atoms with van der Waals surface area (Å²) in [5.74, 6) is -1.30. The van der Waals surface area contributed by atoms with Gasteiger partial charge in [0.1, 0.15) is 18.1 Å². The molecule has 2 rings (SSSR count). The van der Waals surface area contributed by atoms with Crippen LogP contribution in [0.1, 0.15) is 36.9 Å². The van der Waals surface area contributed by atoms with Crippen molar-refractivity contribution >= 4 is 18.2 Å². The Kier molecular flexibility index (Phi) is 4.80. The smallest absolute Gasteiger partial charge is 0.303 e. The summed E-state index contributed by atoms with van der Waals surface area (Å²) in [5.41, 5.74) is 1.58. The van der Waals surface area contributed by atoms with E-state index in [0.29, 0.717) is 13.0 Å². The van der Waals surface area contributed by atoms with E-state index in [-0.39, 0.29) is 30.4 Å². The van der Waals surface area contributed by atoms with E-state index in [2.05, 4.69) is 0 Å². The van der Waals surface area contributed by atoms with E-state index in [1.165, 1.54) is 11.0 Å². The summed E-state index contributed by atoms with van der Waals surface area (Å²) in [5, 5.41) is 18.3.